The summed E-state index contributed by atoms with van der Waals surface area (Å²) in [5, 5.41) is 13.9. The van der Waals surface area contributed by atoms with E-state index in [0.29, 0.717) is 11.3 Å². The van der Waals surface area contributed by atoms with Gasteiger partial charge >= 0.3 is 5.97 Å². The standard InChI is InChI=1S/C12H14ClN3O5S/c1-5(17)14-3-6-4-22-11-8(15-7(18)2-13)10(19)16(11)9(6)12(20)21/h8,11H,2-4H2,1H3,(H,14,17)(H,15,18)(H,20,21)/t8?,11-/m1/s1. The number of carbonyl (C=O) groups is 4. The molecule has 8 nitrogen and oxygen atoms in total. The van der Waals surface area contributed by atoms with Crippen LogP contribution in [0.1, 0.15) is 6.92 Å². The molecule has 1 saturated heterocycles. The smallest absolute Gasteiger partial charge is 0.352 e. The lowest BCUT2D eigenvalue weighted by atomic mass is 10.0. The first-order chi connectivity index (χ1) is 10.4. The molecule has 3 N–H and O–H groups in total. The molecule has 1 fully saturated rings. The minimum absolute atomic E-state index is 0.0686. The van der Waals surface area contributed by atoms with Gasteiger partial charge in [-0.05, 0) is 5.57 Å². The lowest BCUT2D eigenvalue weighted by Crippen LogP contribution is -2.70. The summed E-state index contributed by atoms with van der Waals surface area (Å²) in [6.45, 7) is 1.39. The van der Waals surface area contributed by atoms with Gasteiger partial charge in [0, 0.05) is 19.2 Å². The van der Waals surface area contributed by atoms with Crippen molar-refractivity contribution in [1.82, 2.24) is 15.5 Å². The van der Waals surface area contributed by atoms with Crippen LogP contribution in [0.5, 0.6) is 0 Å². The van der Waals surface area contributed by atoms with E-state index in [1.807, 2.05) is 0 Å². The van der Waals surface area contributed by atoms with Crippen LogP contribution >= 0.6 is 23.4 Å². The number of rotatable bonds is 5. The molecule has 22 heavy (non-hydrogen) atoms. The van der Waals surface area contributed by atoms with E-state index >= 15 is 0 Å². The fourth-order valence-electron chi connectivity index (χ4n) is 2.26. The Hall–Kier alpha value is -1.74. The minimum atomic E-state index is -1.24. The van der Waals surface area contributed by atoms with Crippen molar-refractivity contribution >= 4 is 47.1 Å². The number of carbonyl (C=O) groups excluding carboxylic acids is 3. The number of hydrogen-bond donors (Lipinski definition) is 3. The van der Waals surface area contributed by atoms with Crippen LogP contribution in [0.2, 0.25) is 0 Å². The SMILES string of the molecule is CC(=O)NCC1=C(C(=O)O)N2C(=O)C(NC(=O)CCl)[C@H]2SC1. The van der Waals surface area contributed by atoms with Gasteiger partial charge in [-0.25, -0.2) is 4.79 Å². The molecule has 0 bridgehead atoms. The van der Waals surface area contributed by atoms with Gasteiger partial charge in [-0.1, -0.05) is 0 Å². The summed E-state index contributed by atoms with van der Waals surface area (Å²) in [7, 11) is 0. The van der Waals surface area contributed by atoms with Crippen LogP contribution in [-0.2, 0) is 19.2 Å². The zero-order chi connectivity index (χ0) is 16.4. The van der Waals surface area contributed by atoms with Gasteiger partial charge in [0.15, 0.2) is 0 Å². The summed E-state index contributed by atoms with van der Waals surface area (Å²) in [4.78, 5) is 47.0. The van der Waals surface area contributed by atoms with Crippen LogP contribution in [-0.4, -0.2) is 63.3 Å². The molecule has 2 rings (SSSR count). The topological polar surface area (TPSA) is 116 Å². The number of carboxylic acids is 1. The summed E-state index contributed by atoms with van der Waals surface area (Å²) < 4.78 is 0. The molecule has 0 radical (unpaired) electrons. The Morgan fingerprint density at radius 2 is 2.14 bits per heavy atom. The second-order valence-corrected chi connectivity index (χ2v) is 6.13. The molecule has 2 aliphatic heterocycles. The molecule has 0 aromatic carbocycles. The number of halogens is 1. The lowest BCUT2D eigenvalue weighted by molar-refractivity contribution is -0.150. The number of nitrogens with one attached hydrogen (secondary N) is 2. The van der Waals surface area contributed by atoms with Crippen LogP contribution < -0.4 is 10.6 Å². The highest BCUT2D eigenvalue weighted by Crippen LogP contribution is 2.40. The predicted molar refractivity (Wildman–Crippen MR) is 79.1 cm³/mol. The van der Waals surface area contributed by atoms with E-state index in [2.05, 4.69) is 10.6 Å². The maximum Gasteiger partial charge on any atom is 0.352 e. The Kier molecular flexibility index (Phi) is 4.97. The summed E-state index contributed by atoms with van der Waals surface area (Å²) in [5.74, 6) is -2.41. The van der Waals surface area contributed by atoms with Crippen LogP contribution in [0.3, 0.4) is 0 Å². The monoisotopic (exact) mass is 347 g/mol. The van der Waals surface area contributed by atoms with Crippen molar-refractivity contribution in [1.29, 1.82) is 0 Å². The highest BCUT2D eigenvalue weighted by atomic mass is 35.5. The Labute approximate surface area is 135 Å². The number of hydrogen-bond acceptors (Lipinski definition) is 5. The van der Waals surface area contributed by atoms with Crippen LogP contribution in [0.25, 0.3) is 0 Å². The van der Waals surface area contributed by atoms with Crippen LogP contribution in [0.15, 0.2) is 11.3 Å². The highest BCUT2D eigenvalue weighted by Gasteiger charge is 2.54. The second kappa shape index (κ2) is 6.57. The van der Waals surface area contributed by atoms with Gasteiger partial charge in [0.1, 0.15) is 23.0 Å². The Bertz CT molecular complexity index is 579. The van der Waals surface area contributed by atoms with Gasteiger partial charge in [0.2, 0.25) is 11.8 Å². The number of β-lactam (4-membered cyclic amide) rings is 1. The highest BCUT2D eigenvalue weighted by molar-refractivity contribution is 8.00. The summed E-state index contributed by atoms with van der Waals surface area (Å²) in [5.41, 5.74) is 0.332. The number of thioether (sulfide) groups is 1. The average molecular weight is 348 g/mol. The quantitative estimate of drug-likeness (QED) is 0.438. The van der Waals surface area contributed by atoms with E-state index in [1.54, 1.807) is 0 Å². The fourth-order valence-corrected chi connectivity index (χ4v) is 3.69. The molecule has 10 heteroatoms. The minimum Gasteiger partial charge on any atom is -0.477 e. The molecular weight excluding hydrogens is 334 g/mol. The van der Waals surface area contributed by atoms with Crippen molar-refractivity contribution < 1.29 is 24.3 Å². The van der Waals surface area contributed by atoms with E-state index in [4.69, 9.17) is 11.6 Å². The van der Waals surface area contributed by atoms with Crippen molar-refractivity contribution in [3.63, 3.8) is 0 Å². The third-order valence-corrected chi connectivity index (χ3v) is 4.82. The zero-order valence-corrected chi connectivity index (χ0v) is 13.2. The summed E-state index contributed by atoms with van der Waals surface area (Å²) in [6.07, 6.45) is 0. The Morgan fingerprint density at radius 3 is 2.68 bits per heavy atom. The summed E-state index contributed by atoms with van der Waals surface area (Å²) >= 11 is 6.72. The lowest BCUT2D eigenvalue weighted by Gasteiger charge is -2.49. The molecule has 0 aromatic heterocycles. The molecule has 0 spiro atoms. The van der Waals surface area contributed by atoms with Crippen molar-refractivity contribution in [2.45, 2.75) is 18.3 Å². The van der Waals surface area contributed by atoms with Crippen LogP contribution in [0.4, 0.5) is 0 Å². The number of aliphatic carboxylic acids is 1. The van der Waals surface area contributed by atoms with Crippen molar-refractivity contribution in [3.8, 4) is 0 Å². The largest absolute Gasteiger partial charge is 0.477 e. The third kappa shape index (κ3) is 3.05. The molecule has 0 aliphatic carbocycles. The first-order valence-electron chi connectivity index (χ1n) is 6.36. The van der Waals surface area contributed by atoms with Gasteiger partial charge in [-0.3, -0.25) is 19.3 Å². The molecule has 2 aliphatic rings. The molecule has 1 unspecified atom stereocenters. The van der Waals surface area contributed by atoms with E-state index in [9.17, 15) is 24.3 Å². The number of amides is 3. The molecule has 3 amide bonds. The maximum absolute atomic E-state index is 12.1. The molecule has 2 heterocycles. The first-order valence-corrected chi connectivity index (χ1v) is 7.95. The van der Waals surface area contributed by atoms with Crippen molar-refractivity contribution in [2.75, 3.05) is 18.2 Å². The fraction of sp³-hybridized carbons (Fsp3) is 0.500. The normalized spacial score (nSPS) is 23.5. The van der Waals surface area contributed by atoms with Crippen LogP contribution in [0, 0.1) is 0 Å². The molecule has 0 saturated carbocycles. The zero-order valence-electron chi connectivity index (χ0n) is 11.6. The van der Waals surface area contributed by atoms with Gasteiger partial charge in [-0.2, -0.15) is 0 Å². The van der Waals surface area contributed by atoms with E-state index in [-0.39, 0.29) is 24.0 Å². The molecule has 0 aromatic rings. The predicted octanol–water partition coefficient (Wildman–Crippen LogP) is -0.900. The van der Waals surface area contributed by atoms with Crippen molar-refractivity contribution in [2.24, 2.45) is 0 Å². The van der Waals surface area contributed by atoms with Crippen molar-refractivity contribution in [3.05, 3.63) is 11.3 Å². The second-order valence-electron chi connectivity index (χ2n) is 4.76. The Morgan fingerprint density at radius 1 is 1.45 bits per heavy atom. The summed E-state index contributed by atoms with van der Waals surface area (Å²) in [6, 6.07) is -0.770. The number of fused-ring (bicyclic) bond motifs is 1. The Balaban J connectivity index is 2.19. The number of carboxylic acid groups (broad SMARTS) is 1. The van der Waals surface area contributed by atoms with E-state index in [0.717, 1.165) is 4.90 Å². The first kappa shape index (κ1) is 16.6. The number of nitrogens with zero attached hydrogens (tertiary/aromatic N) is 1. The molecular formula is C12H14ClN3O5S. The van der Waals surface area contributed by atoms with Gasteiger partial charge in [-0.15, -0.1) is 23.4 Å². The van der Waals surface area contributed by atoms with Gasteiger partial charge < -0.3 is 15.7 Å². The van der Waals surface area contributed by atoms with E-state index < -0.39 is 29.2 Å². The third-order valence-electron chi connectivity index (χ3n) is 3.24. The van der Waals surface area contributed by atoms with Gasteiger partial charge in [0.25, 0.3) is 5.91 Å². The molecule has 120 valence electrons. The number of alkyl halides is 1. The average Bonchev–Trinajstić information content (AvgIpc) is 2.48. The molecule has 2 atom stereocenters. The van der Waals surface area contributed by atoms with Gasteiger partial charge in [0.05, 0.1) is 0 Å². The maximum atomic E-state index is 12.1. The van der Waals surface area contributed by atoms with E-state index in [1.165, 1.54) is 18.7 Å².